The Morgan fingerprint density at radius 2 is 1.76 bits per heavy atom. The molecule has 33 heavy (non-hydrogen) atoms. The van der Waals surface area contributed by atoms with Gasteiger partial charge in [0.15, 0.2) is 0 Å². The largest absolute Gasteiger partial charge is 1.00 e. The first-order valence-corrected chi connectivity index (χ1v) is 11.0. The average Bonchev–Trinajstić information content (AvgIpc) is 3.29. The van der Waals surface area contributed by atoms with Crippen molar-refractivity contribution < 1.29 is 74.1 Å². The molecule has 0 N–H and O–H groups in total. The van der Waals surface area contributed by atoms with Gasteiger partial charge in [-0.3, -0.25) is 0 Å². The SMILES string of the molecule is C[CH-]c1ccc(-c2cc(C(F)(F)F)ccc2C)cc1.O=[C-]c1nnc(C2CCOCC2)s1.[K+]. The summed E-state index contributed by atoms with van der Waals surface area (Å²) in [4.78, 5) is 10.3. The van der Waals surface area contributed by atoms with Gasteiger partial charge in [0.1, 0.15) is 5.01 Å². The number of hydrogen-bond donors (Lipinski definition) is 0. The molecule has 2 aromatic carbocycles. The molecule has 170 valence electrons. The second kappa shape index (κ2) is 13.1. The smallest absolute Gasteiger partial charge is 0.535 e. The average molecular weight is 500 g/mol. The molecule has 4 nitrogen and oxygen atoms in total. The molecule has 0 spiro atoms. The summed E-state index contributed by atoms with van der Waals surface area (Å²) in [6.45, 7) is 5.30. The third kappa shape index (κ3) is 7.99. The van der Waals surface area contributed by atoms with Crippen LogP contribution in [0.2, 0.25) is 0 Å². The Morgan fingerprint density at radius 3 is 2.30 bits per heavy atom. The second-order valence-electron chi connectivity index (χ2n) is 7.37. The third-order valence-electron chi connectivity index (χ3n) is 5.22. The van der Waals surface area contributed by atoms with Gasteiger partial charge >= 0.3 is 57.6 Å². The number of nitrogens with zero attached hydrogens (tertiary/aromatic N) is 2. The number of rotatable bonds is 4. The fourth-order valence-corrected chi connectivity index (χ4v) is 4.16. The van der Waals surface area contributed by atoms with E-state index in [2.05, 4.69) is 10.2 Å². The van der Waals surface area contributed by atoms with Crippen LogP contribution in [-0.4, -0.2) is 29.7 Å². The molecule has 9 heteroatoms. The van der Waals surface area contributed by atoms with Gasteiger partial charge < -0.3 is 9.53 Å². The van der Waals surface area contributed by atoms with Crippen molar-refractivity contribution in [1.29, 1.82) is 0 Å². The number of ether oxygens (including phenoxy) is 1. The maximum Gasteiger partial charge on any atom is 1.00 e. The Balaban J connectivity index is 0.000000241. The van der Waals surface area contributed by atoms with Gasteiger partial charge in [-0.25, -0.2) is 6.29 Å². The van der Waals surface area contributed by atoms with Gasteiger partial charge in [-0.05, 0) is 53.6 Å². The zero-order valence-corrected chi connectivity index (χ0v) is 22.7. The summed E-state index contributed by atoms with van der Waals surface area (Å²) < 4.78 is 43.4. The van der Waals surface area contributed by atoms with Crippen molar-refractivity contribution in [3.63, 3.8) is 0 Å². The summed E-state index contributed by atoms with van der Waals surface area (Å²) in [5.74, 6) is 0.424. The number of aryl methyl sites for hydroxylation is 1. The van der Waals surface area contributed by atoms with E-state index in [1.165, 1.54) is 23.5 Å². The molecule has 1 saturated heterocycles. The van der Waals surface area contributed by atoms with E-state index >= 15 is 0 Å². The molecule has 4 rings (SSSR count). The quantitative estimate of drug-likeness (QED) is 0.409. The van der Waals surface area contributed by atoms with Gasteiger partial charge in [0.05, 0.1) is 5.56 Å². The van der Waals surface area contributed by atoms with Crippen molar-refractivity contribution in [1.82, 2.24) is 10.2 Å². The fraction of sp³-hybridized carbons (Fsp3) is 0.333. The number of carbonyl (C=O) groups excluding carboxylic acids is 1. The van der Waals surface area contributed by atoms with E-state index in [1.54, 1.807) is 6.29 Å². The summed E-state index contributed by atoms with van der Waals surface area (Å²) >= 11 is 1.34. The molecule has 0 bridgehead atoms. The summed E-state index contributed by atoms with van der Waals surface area (Å²) in [6.07, 6.45) is 1.35. The molecule has 3 aromatic rings. The van der Waals surface area contributed by atoms with Crippen molar-refractivity contribution in [3.05, 3.63) is 75.6 Å². The molecule has 1 aliphatic heterocycles. The van der Waals surface area contributed by atoms with E-state index in [-0.39, 0.29) is 51.4 Å². The number of halogens is 3. The van der Waals surface area contributed by atoms with Crippen LogP contribution in [0, 0.1) is 13.3 Å². The van der Waals surface area contributed by atoms with Gasteiger partial charge in [0.2, 0.25) is 0 Å². The van der Waals surface area contributed by atoms with Crippen LogP contribution < -0.4 is 51.4 Å². The van der Waals surface area contributed by atoms with Crippen LogP contribution in [-0.2, 0) is 15.7 Å². The van der Waals surface area contributed by atoms with E-state index in [0.29, 0.717) is 16.5 Å². The van der Waals surface area contributed by atoms with Crippen LogP contribution in [0.25, 0.3) is 11.1 Å². The molecule has 0 unspecified atom stereocenters. The monoisotopic (exact) mass is 499 g/mol. The normalized spacial score (nSPS) is 14.0. The minimum atomic E-state index is -4.31. The van der Waals surface area contributed by atoms with Gasteiger partial charge in [-0.2, -0.15) is 42.4 Å². The maximum absolute atomic E-state index is 12.7. The number of hydrogen-bond acceptors (Lipinski definition) is 5. The molecule has 0 atom stereocenters. The molecule has 2 heterocycles. The Bertz CT molecular complexity index is 1030. The van der Waals surface area contributed by atoms with Crippen molar-refractivity contribution in [2.45, 2.75) is 38.8 Å². The van der Waals surface area contributed by atoms with Gasteiger partial charge in [-0.15, -0.1) is 28.6 Å². The Morgan fingerprint density at radius 1 is 1.09 bits per heavy atom. The van der Waals surface area contributed by atoms with Crippen LogP contribution in [0.1, 0.15) is 52.4 Å². The summed E-state index contributed by atoms with van der Waals surface area (Å²) in [7, 11) is 0. The van der Waals surface area contributed by atoms with E-state index in [0.717, 1.165) is 53.8 Å². The summed E-state index contributed by atoms with van der Waals surface area (Å²) in [5, 5.41) is 8.97. The van der Waals surface area contributed by atoms with Crippen LogP contribution in [0.4, 0.5) is 13.2 Å². The third-order valence-corrected chi connectivity index (χ3v) is 6.20. The molecular formula is C24H23F3KN2O2S-. The molecule has 0 aliphatic carbocycles. The minimum absolute atomic E-state index is 0. The van der Waals surface area contributed by atoms with Gasteiger partial charge in [0.25, 0.3) is 0 Å². The second-order valence-corrected chi connectivity index (χ2v) is 8.38. The van der Waals surface area contributed by atoms with Crippen molar-refractivity contribution in [2.75, 3.05) is 13.2 Å². The van der Waals surface area contributed by atoms with Crippen LogP contribution in [0.5, 0.6) is 0 Å². The fourth-order valence-electron chi connectivity index (χ4n) is 3.35. The zero-order valence-electron chi connectivity index (χ0n) is 18.8. The molecule has 1 aliphatic rings. The molecule has 1 fully saturated rings. The Hall–Kier alpha value is -1.07. The van der Waals surface area contributed by atoms with Crippen molar-refractivity contribution >= 4 is 17.6 Å². The van der Waals surface area contributed by atoms with E-state index < -0.39 is 11.7 Å². The standard InChI is InChI=1S/C16H14F3.C8H9N2O2S.K/c1-3-12-5-7-13(8-6-12)15-10-14(16(17,18)19)9-4-11(15)2;11-5-7-9-10-8(13-7)6-1-3-12-4-2-6;/h3-10H,1-2H3;6H,1-4H2;/q2*-1;+1. The minimum Gasteiger partial charge on any atom is -0.535 e. The number of aromatic nitrogens is 2. The van der Waals surface area contributed by atoms with Crippen LogP contribution in [0.15, 0.2) is 42.5 Å². The van der Waals surface area contributed by atoms with E-state index in [9.17, 15) is 18.0 Å². The first-order chi connectivity index (χ1) is 15.3. The molecule has 1 aromatic heterocycles. The first-order valence-electron chi connectivity index (χ1n) is 10.2. The number of alkyl halides is 3. The van der Waals surface area contributed by atoms with Crippen LogP contribution in [0.3, 0.4) is 0 Å². The number of benzene rings is 2. The van der Waals surface area contributed by atoms with Crippen LogP contribution >= 0.6 is 11.3 Å². The topological polar surface area (TPSA) is 52.1 Å². The van der Waals surface area contributed by atoms with Gasteiger partial charge in [-0.1, -0.05) is 13.0 Å². The van der Waals surface area contributed by atoms with Crippen molar-refractivity contribution in [2.24, 2.45) is 0 Å². The predicted octanol–water partition coefficient (Wildman–Crippen LogP) is 3.15. The first kappa shape index (κ1) is 28.2. The van der Waals surface area contributed by atoms with E-state index in [1.807, 2.05) is 44.5 Å². The Labute approximate surface area is 238 Å². The molecule has 0 saturated carbocycles. The van der Waals surface area contributed by atoms with Gasteiger partial charge in [0, 0.05) is 19.1 Å². The maximum atomic E-state index is 12.7. The molecular weight excluding hydrogens is 476 g/mol. The zero-order chi connectivity index (χ0) is 23.1. The Kier molecular flexibility index (Phi) is 11.2. The predicted molar refractivity (Wildman–Crippen MR) is 118 cm³/mol. The summed E-state index contributed by atoms with van der Waals surface area (Å²) in [5.41, 5.74) is 2.69. The molecule has 0 amide bonds. The summed E-state index contributed by atoms with van der Waals surface area (Å²) in [6, 6.07) is 11.3. The van der Waals surface area contributed by atoms with E-state index in [4.69, 9.17) is 4.74 Å². The van der Waals surface area contributed by atoms with Crippen molar-refractivity contribution in [3.8, 4) is 11.1 Å². The molecule has 0 radical (unpaired) electrons.